The van der Waals surface area contributed by atoms with Gasteiger partial charge in [-0.15, -0.1) is 0 Å². The van der Waals surface area contributed by atoms with Gasteiger partial charge in [-0.25, -0.2) is 0 Å². The SMILES string of the molecule is CC(C)=CCCC1C(CC=CC(C)C)CC2C=C(C(=O)c3ccc(O)c(O)c3)C(=O)C1(C=C(C)C)C2=O. The first-order valence-electron chi connectivity index (χ1n) is 13.2. The highest BCUT2D eigenvalue weighted by Gasteiger charge is 2.60. The van der Waals surface area contributed by atoms with Crippen molar-refractivity contribution in [2.24, 2.45) is 29.1 Å². The number of fused-ring (bicyclic) bond motifs is 2. The Morgan fingerprint density at radius 2 is 1.78 bits per heavy atom. The summed E-state index contributed by atoms with van der Waals surface area (Å²) in [5.41, 5.74) is 0.752. The van der Waals surface area contributed by atoms with E-state index in [0.717, 1.165) is 24.5 Å². The first-order valence-corrected chi connectivity index (χ1v) is 13.2. The van der Waals surface area contributed by atoms with Crippen molar-refractivity contribution in [2.75, 3.05) is 0 Å². The second-order valence-corrected chi connectivity index (χ2v) is 11.4. The van der Waals surface area contributed by atoms with Crippen LogP contribution in [0.4, 0.5) is 0 Å². The van der Waals surface area contributed by atoms with Gasteiger partial charge in [0.1, 0.15) is 5.41 Å². The van der Waals surface area contributed by atoms with Crippen LogP contribution < -0.4 is 0 Å². The first-order chi connectivity index (χ1) is 17.4. The maximum atomic E-state index is 14.3. The lowest BCUT2D eigenvalue weighted by Crippen LogP contribution is -2.57. The fourth-order valence-corrected chi connectivity index (χ4v) is 5.88. The summed E-state index contributed by atoms with van der Waals surface area (Å²) in [5.74, 6) is -2.12. The fourth-order valence-electron chi connectivity index (χ4n) is 5.88. The lowest BCUT2D eigenvalue weighted by molar-refractivity contribution is -0.148. The van der Waals surface area contributed by atoms with Gasteiger partial charge in [-0.1, -0.05) is 55.4 Å². The Morgan fingerprint density at radius 1 is 1.08 bits per heavy atom. The molecule has 0 amide bonds. The molecule has 0 aromatic heterocycles. The Balaban J connectivity index is 2.15. The molecule has 198 valence electrons. The van der Waals surface area contributed by atoms with Crippen LogP contribution in [0.5, 0.6) is 11.5 Å². The third kappa shape index (κ3) is 5.87. The Bertz CT molecular complexity index is 1190. The Kier molecular flexibility index (Phi) is 8.78. The largest absolute Gasteiger partial charge is 0.504 e. The van der Waals surface area contributed by atoms with Crippen molar-refractivity contribution in [1.82, 2.24) is 0 Å². The van der Waals surface area contributed by atoms with Crippen molar-refractivity contribution < 1.29 is 24.6 Å². The normalized spacial score (nSPS) is 25.3. The summed E-state index contributed by atoms with van der Waals surface area (Å²) in [6.07, 6.45) is 12.6. The summed E-state index contributed by atoms with van der Waals surface area (Å²) < 4.78 is 0. The zero-order valence-corrected chi connectivity index (χ0v) is 22.9. The van der Waals surface area contributed by atoms with Crippen LogP contribution in [0.1, 0.15) is 77.6 Å². The molecule has 1 fully saturated rings. The van der Waals surface area contributed by atoms with Gasteiger partial charge < -0.3 is 10.2 Å². The van der Waals surface area contributed by atoms with Crippen LogP contribution in [-0.2, 0) is 9.59 Å². The lowest BCUT2D eigenvalue weighted by Gasteiger charge is -2.49. The van der Waals surface area contributed by atoms with Crippen LogP contribution in [0.15, 0.2) is 65.3 Å². The smallest absolute Gasteiger partial charge is 0.196 e. The van der Waals surface area contributed by atoms with Crippen molar-refractivity contribution in [1.29, 1.82) is 0 Å². The zero-order chi connectivity index (χ0) is 27.5. The molecule has 0 spiro atoms. The van der Waals surface area contributed by atoms with Crippen molar-refractivity contribution >= 4 is 17.3 Å². The van der Waals surface area contributed by atoms with Gasteiger partial charge in [-0.3, -0.25) is 14.4 Å². The fraction of sp³-hybridized carbons (Fsp3) is 0.469. The van der Waals surface area contributed by atoms with E-state index in [9.17, 15) is 24.6 Å². The van der Waals surface area contributed by atoms with Crippen LogP contribution in [0, 0.1) is 29.1 Å². The summed E-state index contributed by atoms with van der Waals surface area (Å²) in [4.78, 5) is 41.8. The average Bonchev–Trinajstić information content (AvgIpc) is 2.80. The highest BCUT2D eigenvalue weighted by atomic mass is 16.3. The van der Waals surface area contributed by atoms with Crippen molar-refractivity contribution in [3.63, 3.8) is 0 Å². The molecule has 5 nitrogen and oxygen atoms in total. The first kappa shape index (κ1) is 28.4. The van der Waals surface area contributed by atoms with E-state index in [-0.39, 0.29) is 34.5 Å². The molecule has 2 N–H and O–H groups in total. The maximum Gasteiger partial charge on any atom is 0.196 e. The second-order valence-electron chi connectivity index (χ2n) is 11.4. The van der Waals surface area contributed by atoms with E-state index in [1.807, 2.05) is 33.8 Å². The molecule has 2 aliphatic rings. The van der Waals surface area contributed by atoms with Gasteiger partial charge in [0, 0.05) is 11.5 Å². The predicted octanol–water partition coefficient (Wildman–Crippen LogP) is 6.91. The molecule has 0 saturated heterocycles. The average molecular weight is 505 g/mol. The van der Waals surface area contributed by atoms with Gasteiger partial charge in [0.2, 0.25) is 0 Å². The molecule has 3 rings (SSSR count). The minimum Gasteiger partial charge on any atom is -0.504 e. The van der Waals surface area contributed by atoms with Gasteiger partial charge in [0.05, 0.1) is 5.57 Å². The van der Waals surface area contributed by atoms with Crippen molar-refractivity contribution in [3.05, 3.63) is 70.9 Å². The molecular formula is C32H40O5. The maximum absolute atomic E-state index is 14.3. The number of ketones is 3. The van der Waals surface area contributed by atoms with Gasteiger partial charge in [-0.2, -0.15) is 0 Å². The molecule has 37 heavy (non-hydrogen) atoms. The van der Waals surface area contributed by atoms with Crippen LogP contribution in [0.25, 0.3) is 0 Å². The number of phenols is 2. The van der Waals surface area contributed by atoms with E-state index in [1.54, 1.807) is 6.08 Å². The number of carbonyl (C=O) groups excluding carboxylic acids is 3. The van der Waals surface area contributed by atoms with E-state index in [2.05, 4.69) is 32.1 Å². The topological polar surface area (TPSA) is 91.7 Å². The molecule has 0 heterocycles. The van der Waals surface area contributed by atoms with E-state index >= 15 is 0 Å². The molecule has 0 radical (unpaired) electrons. The molecule has 2 aliphatic carbocycles. The van der Waals surface area contributed by atoms with Crippen LogP contribution in [0.3, 0.4) is 0 Å². The predicted molar refractivity (Wildman–Crippen MR) is 146 cm³/mol. The van der Waals surface area contributed by atoms with E-state index in [1.165, 1.54) is 17.7 Å². The van der Waals surface area contributed by atoms with Gasteiger partial charge >= 0.3 is 0 Å². The Labute approximate surface area is 220 Å². The third-order valence-electron chi connectivity index (χ3n) is 7.43. The minimum atomic E-state index is -1.40. The number of rotatable bonds is 9. The number of aromatic hydroxyl groups is 2. The van der Waals surface area contributed by atoms with Crippen LogP contribution in [-0.4, -0.2) is 27.6 Å². The molecular weight excluding hydrogens is 464 g/mol. The molecule has 5 heteroatoms. The number of phenolic OH excluding ortho intramolecular Hbond substituents is 2. The summed E-state index contributed by atoms with van der Waals surface area (Å²) in [7, 11) is 0. The zero-order valence-electron chi connectivity index (χ0n) is 22.9. The van der Waals surface area contributed by atoms with Crippen molar-refractivity contribution in [2.45, 2.75) is 67.2 Å². The molecule has 2 bridgehead atoms. The summed E-state index contributed by atoms with van der Waals surface area (Å²) in [6, 6.07) is 3.78. The standard InChI is InChI=1S/C32H40O5/c1-19(2)9-7-11-22-15-24-16-25(29(35)23-13-14-27(33)28(34)17-23)31(37)32(30(24)36,18-21(5)6)26(22)12-8-10-20(3)4/h7,9-10,13-14,16-19,22,24,26,33-34H,8,11-12,15H2,1-6H3. The number of benzene rings is 1. The molecule has 1 aromatic rings. The summed E-state index contributed by atoms with van der Waals surface area (Å²) >= 11 is 0. The Hall–Kier alpha value is -3.21. The number of allylic oxidation sites excluding steroid dienone is 8. The highest BCUT2D eigenvalue weighted by Crippen LogP contribution is 2.54. The number of hydrogen-bond acceptors (Lipinski definition) is 5. The number of Topliss-reactive ketones (excluding diaryl/α,β-unsaturated/α-hetero) is 3. The third-order valence-corrected chi connectivity index (χ3v) is 7.43. The molecule has 4 unspecified atom stereocenters. The monoisotopic (exact) mass is 504 g/mol. The number of hydrogen-bond donors (Lipinski definition) is 2. The highest BCUT2D eigenvalue weighted by molar-refractivity contribution is 6.34. The quantitative estimate of drug-likeness (QED) is 0.125. The lowest BCUT2D eigenvalue weighted by atomic mass is 9.50. The number of carbonyl (C=O) groups is 3. The minimum absolute atomic E-state index is 0.00410. The van der Waals surface area contributed by atoms with E-state index < -0.39 is 28.6 Å². The van der Waals surface area contributed by atoms with E-state index in [4.69, 9.17) is 0 Å². The summed E-state index contributed by atoms with van der Waals surface area (Å²) in [6.45, 7) is 12.1. The van der Waals surface area contributed by atoms with Gasteiger partial charge in [-0.05, 0) is 89.3 Å². The Morgan fingerprint density at radius 3 is 2.38 bits per heavy atom. The second kappa shape index (κ2) is 11.5. The molecule has 1 saturated carbocycles. The molecule has 4 atom stereocenters. The van der Waals surface area contributed by atoms with Gasteiger partial charge in [0.15, 0.2) is 28.8 Å². The van der Waals surface area contributed by atoms with E-state index in [0.29, 0.717) is 18.8 Å². The van der Waals surface area contributed by atoms with Crippen molar-refractivity contribution in [3.8, 4) is 11.5 Å². The van der Waals surface area contributed by atoms with Gasteiger partial charge in [0.25, 0.3) is 0 Å². The summed E-state index contributed by atoms with van der Waals surface area (Å²) in [5, 5.41) is 19.6. The molecule has 1 aromatic carbocycles. The molecule has 0 aliphatic heterocycles. The van der Waals surface area contributed by atoms with Crippen LogP contribution >= 0.6 is 0 Å². The van der Waals surface area contributed by atoms with Crippen LogP contribution in [0.2, 0.25) is 0 Å².